The lowest BCUT2D eigenvalue weighted by Crippen LogP contribution is -2.32. The largest absolute Gasteiger partial charge is 0.516 e. The minimum absolute atomic E-state index is 0.0829. The van der Waals surface area contributed by atoms with Crippen LogP contribution in [0, 0.1) is 11.8 Å². The quantitative estimate of drug-likeness (QED) is 0.0348. The van der Waals surface area contributed by atoms with E-state index < -0.39 is 24.8 Å². The maximum absolute atomic E-state index is 13.0. The third-order valence-electron chi connectivity index (χ3n) is 8.12. The number of aryl methyl sites for hydroxylation is 1. The molecule has 2 aromatic rings. The zero-order chi connectivity index (χ0) is 33.2. The number of imidazole rings is 1. The molecule has 0 bridgehead atoms. The average Bonchev–Trinajstić information content (AvgIpc) is 3.46. The van der Waals surface area contributed by atoms with E-state index >= 15 is 0 Å². The molecule has 2 rings (SSSR count). The number of para-hydroxylation sites is 1. The van der Waals surface area contributed by atoms with Gasteiger partial charge < -0.3 is 23.5 Å². The minimum Gasteiger partial charge on any atom is -0.465 e. The van der Waals surface area contributed by atoms with Crippen LogP contribution in [0.1, 0.15) is 116 Å². The first-order valence-corrected chi connectivity index (χ1v) is 17.3. The molecule has 0 saturated heterocycles. The molecule has 1 unspecified atom stereocenters. The van der Waals surface area contributed by atoms with Crippen LogP contribution in [0.25, 0.3) is 0 Å². The van der Waals surface area contributed by atoms with Gasteiger partial charge in [0.05, 0.1) is 18.9 Å². The summed E-state index contributed by atoms with van der Waals surface area (Å²) < 4.78 is 22.8. The summed E-state index contributed by atoms with van der Waals surface area (Å²) in [6.45, 7) is 3.63. The highest BCUT2D eigenvalue weighted by atomic mass is 16.8. The van der Waals surface area contributed by atoms with Crippen molar-refractivity contribution in [3.05, 3.63) is 60.7 Å². The van der Waals surface area contributed by atoms with Crippen molar-refractivity contribution in [1.82, 2.24) is 9.55 Å². The van der Waals surface area contributed by atoms with E-state index in [1.807, 2.05) is 18.5 Å². The fraction of sp³-hybridized carbons (Fsp3) is 0.622. The van der Waals surface area contributed by atoms with E-state index in [4.69, 9.17) is 18.9 Å². The Kier molecular flexibility index (Phi) is 20.6. The number of rotatable bonds is 25. The number of aromatic nitrogens is 2. The molecule has 0 aliphatic rings. The van der Waals surface area contributed by atoms with Crippen molar-refractivity contribution in [2.24, 2.45) is 18.9 Å². The molecule has 2 atom stereocenters. The van der Waals surface area contributed by atoms with Crippen LogP contribution in [0.15, 0.2) is 55.0 Å². The van der Waals surface area contributed by atoms with Gasteiger partial charge in [-0.05, 0) is 57.1 Å². The molecular formula is C37H56N2O7. The van der Waals surface area contributed by atoms with Crippen LogP contribution in [-0.2, 0) is 37.3 Å². The van der Waals surface area contributed by atoms with Gasteiger partial charge >= 0.3 is 18.1 Å². The fourth-order valence-corrected chi connectivity index (χ4v) is 5.33. The zero-order valence-electron chi connectivity index (χ0n) is 28.3. The standard InChI is InChI=1S/C37H56N2O7/c1-4-6-7-8-9-10-11-12-13-14-15-16-17-18-22-25-35(40)43-28-31(26-32-27-38-29-39(32)3)34(5-2)36(41)44-30-45-37(42)46-33-23-20-19-21-24-33/h12-13,19-21,23-24,27,29,31,34H,4-11,14-18,22,25-26,28,30H2,1-3H3/b13-12-/t31?,34-/m0/s1. The van der Waals surface area contributed by atoms with Crippen molar-refractivity contribution in [3.8, 4) is 5.75 Å². The topological polar surface area (TPSA) is 106 Å². The van der Waals surface area contributed by atoms with E-state index in [2.05, 4.69) is 24.1 Å². The Hall–Kier alpha value is -3.62. The van der Waals surface area contributed by atoms with Gasteiger partial charge in [0.25, 0.3) is 0 Å². The second-order valence-corrected chi connectivity index (χ2v) is 11.9. The maximum Gasteiger partial charge on any atom is 0.516 e. The van der Waals surface area contributed by atoms with E-state index in [0.717, 1.165) is 37.8 Å². The molecule has 0 aliphatic heterocycles. The van der Waals surface area contributed by atoms with Crippen LogP contribution in [0.3, 0.4) is 0 Å². The van der Waals surface area contributed by atoms with Crippen LogP contribution in [0.2, 0.25) is 0 Å². The van der Waals surface area contributed by atoms with Gasteiger partial charge in [-0.2, -0.15) is 0 Å². The summed E-state index contributed by atoms with van der Waals surface area (Å²) in [5.74, 6) is -1.37. The Balaban J connectivity index is 1.68. The second-order valence-electron chi connectivity index (χ2n) is 11.9. The lowest BCUT2D eigenvalue weighted by molar-refractivity contribution is -0.162. The van der Waals surface area contributed by atoms with Gasteiger partial charge in [0.1, 0.15) is 5.75 Å². The average molecular weight is 641 g/mol. The van der Waals surface area contributed by atoms with E-state index in [1.165, 1.54) is 51.4 Å². The molecule has 9 nitrogen and oxygen atoms in total. The number of allylic oxidation sites excluding steroid dienone is 2. The Labute approximate surface area is 276 Å². The Morgan fingerprint density at radius 2 is 1.48 bits per heavy atom. The number of unbranched alkanes of at least 4 members (excludes halogenated alkanes) is 11. The number of hydrogen-bond acceptors (Lipinski definition) is 8. The molecule has 0 saturated carbocycles. The van der Waals surface area contributed by atoms with Crippen LogP contribution < -0.4 is 4.74 Å². The van der Waals surface area contributed by atoms with Gasteiger partial charge in [-0.1, -0.05) is 95.6 Å². The summed E-state index contributed by atoms with van der Waals surface area (Å²) in [6, 6.07) is 8.47. The number of nitrogens with zero attached hydrogens (tertiary/aromatic N) is 2. The molecule has 9 heteroatoms. The summed E-state index contributed by atoms with van der Waals surface area (Å²) in [5.41, 5.74) is 0.909. The molecule has 1 heterocycles. The summed E-state index contributed by atoms with van der Waals surface area (Å²) in [6.07, 6.45) is 24.0. The van der Waals surface area contributed by atoms with Gasteiger partial charge in [0, 0.05) is 31.3 Å². The number of carbonyl (C=O) groups excluding carboxylic acids is 3. The SMILES string of the molecule is CCCCCCCC/C=C\CCCCCCCC(=O)OCC(Cc1cncn1C)[C@H](CC)C(=O)OCOC(=O)Oc1ccccc1. The van der Waals surface area contributed by atoms with Crippen molar-refractivity contribution < 1.29 is 33.3 Å². The number of esters is 2. The van der Waals surface area contributed by atoms with Crippen LogP contribution in [0.4, 0.5) is 4.79 Å². The minimum atomic E-state index is -0.969. The summed E-state index contributed by atoms with van der Waals surface area (Å²) in [4.78, 5) is 41.7. The van der Waals surface area contributed by atoms with Gasteiger partial charge in [0.15, 0.2) is 0 Å². The molecular weight excluding hydrogens is 584 g/mol. The molecule has 0 radical (unpaired) electrons. The number of ether oxygens (including phenoxy) is 4. The highest BCUT2D eigenvalue weighted by molar-refractivity contribution is 5.73. The molecule has 0 spiro atoms. The van der Waals surface area contributed by atoms with Crippen LogP contribution in [-0.4, -0.2) is 41.0 Å². The summed E-state index contributed by atoms with van der Waals surface area (Å²) in [7, 11) is 1.88. The highest BCUT2D eigenvalue weighted by Gasteiger charge is 2.30. The highest BCUT2D eigenvalue weighted by Crippen LogP contribution is 2.24. The first-order chi connectivity index (χ1) is 22.4. The zero-order valence-corrected chi connectivity index (χ0v) is 28.3. The normalized spacial score (nSPS) is 12.5. The smallest absolute Gasteiger partial charge is 0.465 e. The maximum atomic E-state index is 13.0. The van der Waals surface area contributed by atoms with Crippen molar-refractivity contribution in [2.75, 3.05) is 13.4 Å². The Morgan fingerprint density at radius 3 is 2.11 bits per heavy atom. The van der Waals surface area contributed by atoms with E-state index in [1.54, 1.807) is 42.9 Å². The van der Waals surface area contributed by atoms with Gasteiger partial charge in [-0.3, -0.25) is 9.59 Å². The van der Waals surface area contributed by atoms with Crippen molar-refractivity contribution in [3.63, 3.8) is 0 Å². The third-order valence-corrected chi connectivity index (χ3v) is 8.12. The first-order valence-electron chi connectivity index (χ1n) is 17.3. The number of carbonyl (C=O) groups is 3. The predicted octanol–water partition coefficient (Wildman–Crippen LogP) is 8.90. The third kappa shape index (κ3) is 17.2. The van der Waals surface area contributed by atoms with Gasteiger partial charge in [0.2, 0.25) is 6.79 Å². The summed E-state index contributed by atoms with van der Waals surface area (Å²) in [5, 5.41) is 0. The van der Waals surface area contributed by atoms with Crippen LogP contribution in [0.5, 0.6) is 5.75 Å². The Bertz CT molecular complexity index is 1130. The molecule has 0 amide bonds. The summed E-state index contributed by atoms with van der Waals surface area (Å²) >= 11 is 0. The van der Waals surface area contributed by atoms with Crippen molar-refractivity contribution in [1.29, 1.82) is 0 Å². The molecule has 0 aliphatic carbocycles. The first kappa shape index (κ1) is 38.6. The molecule has 46 heavy (non-hydrogen) atoms. The fourth-order valence-electron chi connectivity index (χ4n) is 5.33. The second kappa shape index (κ2) is 24.6. The molecule has 0 fully saturated rings. The predicted molar refractivity (Wildman–Crippen MR) is 179 cm³/mol. The molecule has 1 aromatic heterocycles. The number of hydrogen-bond donors (Lipinski definition) is 0. The Morgan fingerprint density at radius 1 is 0.826 bits per heavy atom. The molecule has 256 valence electrons. The molecule has 0 N–H and O–H groups in total. The van der Waals surface area contributed by atoms with E-state index in [9.17, 15) is 14.4 Å². The lowest BCUT2D eigenvalue weighted by Gasteiger charge is -2.24. The van der Waals surface area contributed by atoms with Crippen molar-refractivity contribution in [2.45, 2.75) is 117 Å². The van der Waals surface area contributed by atoms with Crippen LogP contribution >= 0.6 is 0 Å². The van der Waals surface area contributed by atoms with Gasteiger partial charge in [-0.25, -0.2) is 9.78 Å². The monoisotopic (exact) mass is 640 g/mol. The van der Waals surface area contributed by atoms with E-state index in [-0.39, 0.29) is 18.5 Å². The lowest BCUT2D eigenvalue weighted by atomic mass is 9.87. The number of benzene rings is 1. The van der Waals surface area contributed by atoms with E-state index in [0.29, 0.717) is 25.0 Å². The van der Waals surface area contributed by atoms with Crippen molar-refractivity contribution >= 4 is 18.1 Å². The molecule has 1 aromatic carbocycles. The van der Waals surface area contributed by atoms with Gasteiger partial charge in [-0.15, -0.1) is 0 Å².